The number of carbonyl (C=O) groups is 2. The molecule has 9 nitrogen and oxygen atoms in total. The molecule has 4 rings (SSSR count). The second kappa shape index (κ2) is 14.7. The highest BCUT2D eigenvalue weighted by molar-refractivity contribution is 5.94. The zero-order valence-electron chi connectivity index (χ0n) is 24.6. The van der Waals surface area contributed by atoms with Crippen molar-refractivity contribution in [3.8, 4) is 11.4 Å². The molecule has 3 aromatic rings. The number of anilines is 1. The molecule has 0 saturated heterocycles. The number of hydrogen-bond acceptors (Lipinski definition) is 7. The van der Waals surface area contributed by atoms with Crippen molar-refractivity contribution < 1.29 is 23.8 Å². The highest BCUT2D eigenvalue weighted by Crippen LogP contribution is 2.38. The van der Waals surface area contributed by atoms with E-state index in [9.17, 15) is 9.59 Å². The van der Waals surface area contributed by atoms with E-state index < -0.39 is 0 Å². The summed E-state index contributed by atoms with van der Waals surface area (Å²) in [6, 6.07) is 15.5. The molecule has 1 unspecified atom stereocenters. The molecule has 1 aromatic heterocycles. The first-order valence-electron chi connectivity index (χ1n) is 14.4. The fourth-order valence-electron chi connectivity index (χ4n) is 5.44. The van der Waals surface area contributed by atoms with Crippen LogP contribution in [0.3, 0.4) is 0 Å². The van der Waals surface area contributed by atoms with E-state index in [1.165, 1.54) is 19.3 Å². The van der Waals surface area contributed by atoms with Crippen LogP contribution >= 0.6 is 0 Å². The normalized spacial score (nSPS) is 14.3. The number of carbonyl (C=O) groups excluding carboxylic acids is 2. The summed E-state index contributed by atoms with van der Waals surface area (Å²) in [5.41, 5.74) is 4.44. The topological polar surface area (TPSA) is 94.9 Å². The molecule has 0 spiro atoms. The van der Waals surface area contributed by atoms with Crippen molar-refractivity contribution in [1.82, 2.24) is 14.7 Å². The van der Waals surface area contributed by atoms with Crippen molar-refractivity contribution in [3.63, 3.8) is 0 Å². The Labute approximate surface area is 242 Å². The van der Waals surface area contributed by atoms with Gasteiger partial charge in [-0.15, -0.1) is 0 Å². The van der Waals surface area contributed by atoms with E-state index in [1.807, 2.05) is 53.2 Å². The molecule has 2 aromatic carbocycles. The molecular formula is C32H42N4O5. The van der Waals surface area contributed by atoms with Crippen LogP contribution < -0.4 is 10.1 Å². The maximum Gasteiger partial charge on any atom is 0.307 e. The molecule has 1 heterocycles. The number of amides is 1. The standard InChI is InChI=1S/C32H42N4O5/c1-5-41-30(37)18-19-35(2)32(38)24-14-16-25(17-15-24)33-31(23-10-7-6-8-11-23)28-21-36(34-29(28)22-39-3)26-12-9-13-27(20-26)40-4/h9,12-17,20-21,23,31,33H,5-8,10-11,18-19,22H2,1-4H3. The molecule has 41 heavy (non-hydrogen) atoms. The van der Waals surface area contributed by atoms with Crippen LogP contribution in [0, 0.1) is 5.92 Å². The number of methoxy groups -OCH3 is 2. The number of nitrogens with one attached hydrogen (secondary N) is 1. The van der Waals surface area contributed by atoms with E-state index in [4.69, 9.17) is 19.3 Å². The van der Waals surface area contributed by atoms with Crippen LogP contribution in [-0.2, 0) is 20.9 Å². The van der Waals surface area contributed by atoms with Gasteiger partial charge in [-0.05, 0) is 62.1 Å². The molecular weight excluding hydrogens is 520 g/mol. The highest BCUT2D eigenvalue weighted by Gasteiger charge is 2.29. The van der Waals surface area contributed by atoms with Gasteiger partial charge >= 0.3 is 5.97 Å². The van der Waals surface area contributed by atoms with Crippen LogP contribution in [0.5, 0.6) is 5.75 Å². The average molecular weight is 563 g/mol. The minimum absolute atomic E-state index is 0.0358. The number of nitrogens with zero attached hydrogens (tertiary/aromatic N) is 3. The molecule has 0 aliphatic heterocycles. The van der Waals surface area contributed by atoms with Gasteiger partial charge in [0, 0.05) is 49.8 Å². The minimum Gasteiger partial charge on any atom is -0.497 e. The maximum atomic E-state index is 12.9. The molecule has 1 saturated carbocycles. The maximum absolute atomic E-state index is 12.9. The minimum atomic E-state index is -0.303. The molecule has 0 radical (unpaired) electrons. The van der Waals surface area contributed by atoms with Crippen LogP contribution in [-0.4, -0.2) is 61.0 Å². The smallest absolute Gasteiger partial charge is 0.307 e. The molecule has 1 N–H and O–H groups in total. The molecule has 1 fully saturated rings. The van der Waals surface area contributed by atoms with E-state index in [0.29, 0.717) is 31.2 Å². The first kappa shape index (κ1) is 30.1. The number of hydrogen-bond donors (Lipinski definition) is 1. The zero-order valence-corrected chi connectivity index (χ0v) is 24.6. The van der Waals surface area contributed by atoms with Gasteiger partial charge in [0.2, 0.25) is 0 Å². The van der Waals surface area contributed by atoms with Crippen LogP contribution in [0.15, 0.2) is 54.7 Å². The number of aromatic nitrogens is 2. The van der Waals surface area contributed by atoms with Gasteiger partial charge in [0.25, 0.3) is 5.91 Å². The third-order valence-corrected chi connectivity index (χ3v) is 7.64. The van der Waals surface area contributed by atoms with E-state index in [1.54, 1.807) is 33.1 Å². The van der Waals surface area contributed by atoms with Crippen LogP contribution in [0.4, 0.5) is 5.69 Å². The lowest BCUT2D eigenvalue weighted by atomic mass is 9.81. The molecule has 1 atom stereocenters. The zero-order chi connectivity index (χ0) is 29.2. The van der Waals surface area contributed by atoms with Crippen LogP contribution in [0.2, 0.25) is 0 Å². The van der Waals surface area contributed by atoms with Gasteiger partial charge in [-0.2, -0.15) is 5.10 Å². The third-order valence-electron chi connectivity index (χ3n) is 7.64. The molecule has 1 aliphatic carbocycles. The van der Waals surface area contributed by atoms with Gasteiger partial charge < -0.3 is 24.4 Å². The van der Waals surface area contributed by atoms with Crippen molar-refractivity contribution >= 4 is 17.6 Å². The Morgan fingerprint density at radius 1 is 1.10 bits per heavy atom. The number of ether oxygens (including phenoxy) is 3. The summed E-state index contributed by atoms with van der Waals surface area (Å²) in [5.74, 6) is 0.781. The summed E-state index contributed by atoms with van der Waals surface area (Å²) in [6.45, 7) is 2.82. The summed E-state index contributed by atoms with van der Waals surface area (Å²) in [5, 5.41) is 8.70. The Bertz CT molecular complexity index is 1280. The average Bonchev–Trinajstić information content (AvgIpc) is 3.43. The molecule has 1 aliphatic rings. The summed E-state index contributed by atoms with van der Waals surface area (Å²) >= 11 is 0. The molecule has 220 valence electrons. The number of esters is 1. The lowest BCUT2D eigenvalue weighted by Crippen LogP contribution is -2.29. The second-order valence-corrected chi connectivity index (χ2v) is 10.5. The van der Waals surface area contributed by atoms with E-state index in [2.05, 4.69) is 11.5 Å². The van der Waals surface area contributed by atoms with Crippen molar-refractivity contribution in [2.45, 2.75) is 58.1 Å². The van der Waals surface area contributed by atoms with Crippen molar-refractivity contribution in [1.29, 1.82) is 0 Å². The summed E-state index contributed by atoms with van der Waals surface area (Å²) < 4.78 is 17.9. The monoisotopic (exact) mass is 562 g/mol. The van der Waals surface area contributed by atoms with Crippen molar-refractivity contribution in [2.24, 2.45) is 5.92 Å². The molecule has 1 amide bonds. The Morgan fingerprint density at radius 3 is 2.54 bits per heavy atom. The Morgan fingerprint density at radius 2 is 1.85 bits per heavy atom. The quantitative estimate of drug-likeness (QED) is 0.264. The van der Waals surface area contributed by atoms with Gasteiger partial charge in [0.05, 0.1) is 44.2 Å². The first-order chi connectivity index (χ1) is 19.9. The Hall–Kier alpha value is -3.85. The van der Waals surface area contributed by atoms with Crippen LogP contribution in [0.25, 0.3) is 5.69 Å². The predicted molar refractivity (Wildman–Crippen MR) is 158 cm³/mol. The fourth-order valence-corrected chi connectivity index (χ4v) is 5.44. The fraction of sp³-hybridized carbons (Fsp3) is 0.469. The first-order valence-corrected chi connectivity index (χ1v) is 14.4. The van der Waals surface area contributed by atoms with E-state index >= 15 is 0 Å². The number of rotatable bonds is 13. The summed E-state index contributed by atoms with van der Waals surface area (Å²) in [6.07, 6.45) is 8.22. The summed E-state index contributed by atoms with van der Waals surface area (Å²) in [7, 11) is 5.05. The highest BCUT2D eigenvalue weighted by atomic mass is 16.5. The van der Waals surface area contributed by atoms with Gasteiger partial charge in [0.1, 0.15) is 5.75 Å². The largest absolute Gasteiger partial charge is 0.497 e. The van der Waals surface area contributed by atoms with E-state index in [0.717, 1.165) is 41.2 Å². The van der Waals surface area contributed by atoms with Crippen molar-refractivity contribution in [2.75, 3.05) is 39.7 Å². The Kier molecular flexibility index (Phi) is 10.8. The predicted octanol–water partition coefficient (Wildman–Crippen LogP) is 5.79. The molecule has 9 heteroatoms. The van der Waals surface area contributed by atoms with Gasteiger partial charge in [-0.3, -0.25) is 9.59 Å². The second-order valence-electron chi connectivity index (χ2n) is 10.5. The SMILES string of the molecule is CCOC(=O)CCN(C)C(=O)c1ccc(NC(c2cn(-c3cccc(OC)c3)nc2COC)C2CCCCC2)cc1. The number of benzene rings is 2. The third kappa shape index (κ3) is 7.88. The lowest BCUT2D eigenvalue weighted by molar-refractivity contribution is -0.143. The van der Waals surface area contributed by atoms with Gasteiger partial charge in [-0.1, -0.05) is 25.3 Å². The lowest BCUT2D eigenvalue weighted by Gasteiger charge is -2.32. The van der Waals surface area contributed by atoms with Crippen molar-refractivity contribution in [3.05, 3.63) is 71.5 Å². The summed E-state index contributed by atoms with van der Waals surface area (Å²) in [4.78, 5) is 26.2. The van der Waals surface area contributed by atoms with Gasteiger partial charge in [-0.25, -0.2) is 4.68 Å². The van der Waals surface area contributed by atoms with Crippen LogP contribution in [0.1, 0.15) is 73.1 Å². The molecule has 0 bridgehead atoms. The van der Waals surface area contributed by atoms with Gasteiger partial charge in [0.15, 0.2) is 0 Å². The van der Waals surface area contributed by atoms with E-state index in [-0.39, 0.29) is 24.3 Å². The Balaban J connectivity index is 1.57.